The van der Waals surface area contributed by atoms with Crippen LogP contribution in [-0.2, 0) is 9.53 Å². The molecule has 0 amide bonds. The highest BCUT2D eigenvalue weighted by Gasteiger charge is 2.24. The Balaban J connectivity index is 1.65. The summed E-state index contributed by atoms with van der Waals surface area (Å²) in [6, 6.07) is 16.9. The first-order valence-corrected chi connectivity index (χ1v) is 9.46. The second-order valence-corrected chi connectivity index (χ2v) is 7.01. The zero-order valence-corrected chi connectivity index (χ0v) is 15.7. The number of rotatable bonds is 7. The molecule has 1 unspecified atom stereocenters. The molecule has 0 aliphatic carbocycles. The van der Waals surface area contributed by atoms with Gasteiger partial charge in [-0.3, -0.25) is 4.79 Å². The van der Waals surface area contributed by atoms with E-state index in [1.165, 1.54) is 19.2 Å². The largest absolute Gasteiger partial charge is 0.469 e. The lowest BCUT2D eigenvalue weighted by Crippen LogP contribution is -2.22. The third-order valence-electron chi connectivity index (χ3n) is 5.09. The van der Waals surface area contributed by atoms with Crippen LogP contribution in [0.25, 0.3) is 5.57 Å². The molecule has 142 valence electrons. The molecule has 27 heavy (non-hydrogen) atoms. The molecular formula is C23H26FNO2. The smallest absolute Gasteiger partial charge is 0.305 e. The minimum absolute atomic E-state index is 0.121. The first kappa shape index (κ1) is 19.3. The Morgan fingerprint density at radius 3 is 2.56 bits per heavy atom. The molecule has 0 N–H and O–H groups in total. The molecule has 2 aromatic carbocycles. The minimum Gasteiger partial charge on any atom is -0.469 e. The molecule has 1 aliphatic heterocycles. The summed E-state index contributed by atoms with van der Waals surface area (Å²) in [6.45, 7) is 2.92. The Morgan fingerprint density at radius 1 is 1.15 bits per heavy atom. The van der Waals surface area contributed by atoms with E-state index in [2.05, 4.69) is 23.1 Å². The minimum atomic E-state index is -0.222. The number of esters is 1. The number of carbonyl (C=O) groups excluding carboxylic acids is 1. The van der Waals surface area contributed by atoms with Gasteiger partial charge in [0.25, 0.3) is 0 Å². The van der Waals surface area contributed by atoms with Gasteiger partial charge in [-0.2, -0.15) is 0 Å². The molecular weight excluding hydrogens is 341 g/mol. The van der Waals surface area contributed by atoms with Crippen molar-refractivity contribution in [2.24, 2.45) is 5.92 Å². The molecule has 0 bridgehead atoms. The number of methoxy groups -OCH3 is 1. The van der Waals surface area contributed by atoms with Crippen molar-refractivity contribution in [3.63, 3.8) is 0 Å². The molecule has 1 fully saturated rings. The van der Waals surface area contributed by atoms with E-state index in [9.17, 15) is 9.18 Å². The monoisotopic (exact) mass is 367 g/mol. The predicted octanol–water partition coefficient (Wildman–Crippen LogP) is 4.53. The summed E-state index contributed by atoms with van der Waals surface area (Å²) in [7, 11) is 1.44. The van der Waals surface area contributed by atoms with Gasteiger partial charge in [0.1, 0.15) is 5.82 Å². The highest BCUT2D eigenvalue weighted by molar-refractivity contribution is 5.79. The van der Waals surface area contributed by atoms with Crippen molar-refractivity contribution in [1.82, 2.24) is 4.90 Å². The van der Waals surface area contributed by atoms with Gasteiger partial charge in [-0.25, -0.2) is 4.39 Å². The SMILES string of the molecule is COC(=O)CC1CCN(CC/C=C(\c2ccccc2)c2ccc(F)cc2)C1. The van der Waals surface area contributed by atoms with Gasteiger partial charge in [-0.15, -0.1) is 0 Å². The highest BCUT2D eigenvalue weighted by atomic mass is 19.1. The summed E-state index contributed by atoms with van der Waals surface area (Å²) < 4.78 is 18.1. The maximum Gasteiger partial charge on any atom is 0.305 e. The van der Waals surface area contributed by atoms with Gasteiger partial charge in [0.2, 0.25) is 0 Å². The van der Waals surface area contributed by atoms with E-state index in [-0.39, 0.29) is 11.8 Å². The van der Waals surface area contributed by atoms with Gasteiger partial charge in [0, 0.05) is 19.5 Å². The highest BCUT2D eigenvalue weighted by Crippen LogP contribution is 2.25. The van der Waals surface area contributed by atoms with Crippen LogP contribution >= 0.6 is 0 Å². The fraction of sp³-hybridized carbons (Fsp3) is 0.348. The molecule has 1 aliphatic rings. The topological polar surface area (TPSA) is 29.5 Å². The summed E-state index contributed by atoms with van der Waals surface area (Å²) >= 11 is 0. The zero-order chi connectivity index (χ0) is 19.1. The Kier molecular flexibility index (Phi) is 6.77. The normalized spacial score (nSPS) is 17.9. The van der Waals surface area contributed by atoms with E-state index in [0.717, 1.165) is 49.2 Å². The molecule has 4 heteroatoms. The van der Waals surface area contributed by atoms with E-state index >= 15 is 0 Å². The number of hydrogen-bond donors (Lipinski definition) is 0. The van der Waals surface area contributed by atoms with E-state index in [4.69, 9.17) is 4.74 Å². The van der Waals surface area contributed by atoms with Crippen molar-refractivity contribution in [2.75, 3.05) is 26.7 Å². The van der Waals surface area contributed by atoms with Crippen molar-refractivity contribution in [1.29, 1.82) is 0 Å². The average Bonchev–Trinajstić information content (AvgIpc) is 3.14. The fourth-order valence-electron chi connectivity index (χ4n) is 3.64. The number of carbonyl (C=O) groups is 1. The van der Waals surface area contributed by atoms with Crippen molar-refractivity contribution < 1.29 is 13.9 Å². The number of hydrogen-bond acceptors (Lipinski definition) is 3. The molecule has 0 saturated carbocycles. The summed E-state index contributed by atoms with van der Waals surface area (Å²) in [5, 5.41) is 0. The number of ether oxygens (including phenoxy) is 1. The van der Waals surface area contributed by atoms with Crippen molar-refractivity contribution in [3.8, 4) is 0 Å². The van der Waals surface area contributed by atoms with Crippen LogP contribution < -0.4 is 0 Å². The summed E-state index contributed by atoms with van der Waals surface area (Å²) in [6.07, 6.45) is 4.69. The van der Waals surface area contributed by atoms with Crippen LogP contribution in [0.5, 0.6) is 0 Å². The van der Waals surface area contributed by atoms with Gasteiger partial charge in [-0.1, -0.05) is 48.5 Å². The summed E-state index contributed by atoms with van der Waals surface area (Å²) in [4.78, 5) is 13.8. The number of benzene rings is 2. The molecule has 1 heterocycles. The fourth-order valence-corrected chi connectivity index (χ4v) is 3.64. The van der Waals surface area contributed by atoms with Gasteiger partial charge >= 0.3 is 5.97 Å². The van der Waals surface area contributed by atoms with E-state index in [1.807, 2.05) is 30.3 Å². The molecule has 1 saturated heterocycles. The number of halogens is 1. The van der Waals surface area contributed by atoms with Crippen molar-refractivity contribution in [2.45, 2.75) is 19.3 Å². The van der Waals surface area contributed by atoms with E-state index in [0.29, 0.717) is 12.3 Å². The Bertz CT molecular complexity index is 771. The second kappa shape index (κ2) is 9.47. The van der Waals surface area contributed by atoms with Crippen LogP contribution in [0.4, 0.5) is 4.39 Å². The third-order valence-corrected chi connectivity index (χ3v) is 5.09. The molecule has 1 atom stereocenters. The molecule has 0 spiro atoms. The van der Waals surface area contributed by atoms with Crippen molar-refractivity contribution >= 4 is 11.5 Å². The molecule has 2 aromatic rings. The van der Waals surface area contributed by atoms with Crippen molar-refractivity contribution in [3.05, 3.63) is 77.6 Å². The number of nitrogens with zero attached hydrogens (tertiary/aromatic N) is 1. The lowest BCUT2D eigenvalue weighted by Gasteiger charge is -2.15. The van der Waals surface area contributed by atoms with Crippen LogP contribution in [0, 0.1) is 11.7 Å². The van der Waals surface area contributed by atoms with E-state index < -0.39 is 0 Å². The Hall–Kier alpha value is -2.46. The summed E-state index contributed by atoms with van der Waals surface area (Å²) in [5.74, 6) is 0.0522. The lowest BCUT2D eigenvalue weighted by atomic mass is 9.97. The maximum absolute atomic E-state index is 13.3. The maximum atomic E-state index is 13.3. The van der Waals surface area contributed by atoms with Crippen LogP contribution in [0.2, 0.25) is 0 Å². The standard InChI is InChI=1S/C23H26FNO2/c1-27-23(26)16-18-13-15-25(17-18)14-5-8-22(19-6-3-2-4-7-19)20-9-11-21(24)12-10-20/h2-4,6-12,18H,5,13-17H2,1H3/b22-8+. The molecule has 3 rings (SSSR count). The van der Waals surface area contributed by atoms with Gasteiger partial charge in [0.15, 0.2) is 0 Å². The lowest BCUT2D eigenvalue weighted by molar-refractivity contribution is -0.141. The number of likely N-dealkylation sites (tertiary alicyclic amines) is 1. The zero-order valence-electron chi connectivity index (χ0n) is 15.7. The first-order chi connectivity index (χ1) is 13.2. The van der Waals surface area contributed by atoms with Gasteiger partial charge < -0.3 is 9.64 Å². The van der Waals surface area contributed by atoms with Crippen LogP contribution in [0.3, 0.4) is 0 Å². The quantitative estimate of drug-likeness (QED) is 0.673. The average molecular weight is 367 g/mol. The van der Waals surface area contributed by atoms with E-state index in [1.54, 1.807) is 0 Å². The van der Waals surface area contributed by atoms with Crippen LogP contribution in [0.15, 0.2) is 60.7 Å². The molecule has 3 nitrogen and oxygen atoms in total. The molecule has 0 radical (unpaired) electrons. The van der Waals surface area contributed by atoms with Gasteiger partial charge in [0.05, 0.1) is 7.11 Å². The second-order valence-electron chi connectivity index (χ2n) is 7.01. The summed E-state index contributed by atoms with van der Waals surface area (Å²) in [5.41, 5.74) is 3.28. The Labute approximate surface area is 160 Å². The third kappa shape index (κ3) is 5.51. The first-order valence-electron chi connectivity index (χ1n) is 9.46. The van der Waals surface area contributed by atoms with Crippen LogP contribution in [-0.4, -0.2) is 37.6 Å². The Morgan fingerprint density at radius 2 is 1.85 bits per heavy atom. The predicted molar refractivity (Wildman–Crippen MR) is 106 cm³/mol. The van der Waals surface area contributed by atoms with Gasteiger partial charge in [-0.05, 0) is 54.1 Å². The molecule has 0 aromatic heterocycles. The van der Waals surface area contributed by atoms with Crippen LogP contribution in [0.1, 0.15) is 30.4 Å².